The molecule has 1 saturated heterocycles. The van der Waals surface area contributed by atoms with Gasteiger partial charge < -0.3 is 15.1 Å². The molecule has 0 saturated carbocycles. The highest BCUT2D eigenvalue weighted by molar-refractivity contribution is 5.97. The average Bonchev–Trinajstić information content (AvgIpc) is 3.16. The van der Waals surface area contributed by atoms with Gasteiger partial charge in [0, 0.05) is 26.1 Å². The minimum atomic E-state index is 0. The number of halogens is 2. The van der Waals surface area contributed by atoms with Crippen molar-refractivity contribution in [2.24, 2.45) is 5.92 Å². The third-order valence-electron chi connectivity index (χ3n) is 5.77. The molecule has 1 fully saturated rings. The van der Waals surface area contributed by atoms with Gasteiger partial charge in [-0.25, -0.2) is 0 Å². The Bertz CT molecular complexity index is 766. The number of anilines is 2. The Kier molecular flexibility index (Phi) is 9.28. The SMILES string of the molecule is Cl.Cl.O=C(CCC1CCNC1)N1CCCN(Cc2ccccc2)c2ccccc21. The third-order valence-corrected chi connectivity index (χ3v) is 5.77. The van der Waals surface area contributed by atoms with Gasteiger partial charge in [0.25, 0.3) is 0 Å². The largest absolute Gasteiger partial charge is 0.365 e. The maximum absolute atomic E-state index is 13.0. The summed E-state index contributed by atoms with van der Waals surface area (Å²) in [7, 11) is 0. The third kappa shape index (κ3) is 5.88. The van der Waals surface area contributed by atoms with Gasteiger partial charge in [-0.05, 0) is 56.0 Å². The predicted molar refractivity (Wildman–Crippen MR) is 126 cm³/mol. The summed E-state index contributed by atoms with van der Waals surface area (Å²) in [5.74, 6) is 0.932. The maximum atomic E-state index is 13.0. The summed E-state index contributed by atoms with van der Waals surface area (Å²) in [4.78, 5) is 17.5. The lowest BCUT2D eigenvalue weighted by Gasteiger charge is -2.27. The molecule has 1 unspecified atom stereocenters. The van der Waals surface area contributed by atoms with Crippen LogP contribution in [0.4, 0.5) is 11.4 Å². The van der Waals surface area contributed by atoms with Gasteiger partial charge in [-0.1, -0.05) is 42.5 Å². The molecule has 0 radical (unpaired) electrons. The van der Waals surface area contributed by atoms with Crippen molar-refractivity contribution in [1.82, 2.24) is 5.32 Å². The van der Waals surface area contributed by atoms with Crippen molar-refractivity contribution in [2.45, 2.75) is 32.2 Å². The molecule has 1 amide bonds. The molecule has 2 aliphatic rings. The number of rotatable bonds is 5. The molecule has 0 bridgehead atoms. The summed E-state index contributed by atoms with van der Waals surface area (Å²) in [6.07, 6.45) is 3.85. The number of benzene rings is 2. The quantitative estimate of drug-likeness (QED) is 0.741. The Hall–Kier alpha value is -1.75. The molecule has 4 nitrogen and oxygen atoms in total. The number of carbonyl (C=O) groups excluding carboxylic acids is 1. The second kappa shape index (κ2) is 11.4. The fourth-order valence-electron chi connectivity index (χ4n) is 4.27. The topological polar surface area (TPSA) is 35.6 Å². The zero-order valence-electron chi connectivity index (χ0n) is 16.8. The molecule has 158 valence electrons. The number of amides is 1. The molecule has 6 heteroatoms. The second-order valence-electron chi connectivity index (χ2n) is 7.69. The van der Waals surface area contributed by atoms with E-state index in [1.165, 1.54) is 17.7 Å². The van der Waals surface area contributed by atoms with Crippen LogP contribution in [0.2, 0.25) is 0 Å². The molecule has 1 atom stereocenters. The first-order valence-corrected chi connectivity index (χ1v) is 10.2. The van der Waals surface area contributed by atoms with E-state index in [1.54, 1.807) is 0 Å². The standard InChI is InChI=1S/C23H29N3O.2ClH/c27-23(12-11-19-13-14-24-17-19)26-16-6-15-25(18-20-7-2-1-3-8-20)21-9-4-5-10-22(21)26;;/h1-5,7-10,19,24H,6,11-18H2;2*1H. The first-order valence-electron chi connectivity index (χ1n) is 10.2. The van der Waals surface area contributed by atoms with Crippen molar-refractivity contribution < 1.29 is 4.79 Å². The summed E-state index contributed by atoms with van der Waals surface area (Å²) >= 11 is 0. The molecular formula is C23H31Cl2N3O. The Morgan fingerprint density at radius 1 is 0.966 bits per heavy atom. The minimum Gasteiger partial charge on any atom is -0.365 e. The number of para-hydroxylation sites is 2. The number of carbonyl (C=O) groups is 1. The van der Waals surface area contributed by atoms with Crippen LogP contribution in [0.1, 0.15) is 31.2 Å². The van der Waals surface area contributed by atoms with Crippen molar-refractivity contribution in [3.8, 4) is 0 Å². The minimum absolute atomic E-state index is 0. The van der Waals surface area contributed by atoms with E-state index in [4.69, 9.17) is 0 Å². The van der Waals surface area contributed by atoms with Crippen LogP contribution in [-0.4, -0.2) is 32.1 Å². The van der Waals surface area contributed by atoms with Gasteiger partial charge in [-0.15, -0.1) is 24.8 Å². The van der Waals surface area contributed by atoms with Crippen molar-refractivity contribution >= 4 is 42.1 Å². The van der Waals surface area contributed by atoms with E-state index in [-0.39, 0.29) is 30.7 Å². The summed E-state index contributed by atoms with van der Waals surface area (Å²) < 4.78 is 0. The smallest absolute Gasteiger partial charge is 0.227 e. The number of hydrogen-bond donors (Lipinski definition) is 1. The first kappa shape index (κ1) is 23.5. The van der Waals surface area contributed by atoms with Gasteiger partial charge in [-0.2, -0.15) is 0 Å². The molecule has 2 aliphatic heterocycles. The van der Waals surface area contributed by atoms with Gasteiger partial charge in [0.1, 0.15) is 0 Å². The summed E-state index contributed by atoms with van der Waals surface area (Å²) in [5.41, 5.74) is 3.55. The predicted octanol–water partition coefficient (Wildman–Crippen LogP) is 4.66. The molecular weight excluding hydrogens is 405 g/mol. The number of nitrogens with one attached hydrogen (secondary N) is 1. The molecule has 2 aromatic carbocycles. The van der Waals surface area contributed by atoms with Gasteiger partial charge >= 0.3 is 0 Å². The highest BCUT2D eigenvalue weighted by atomic mass is 35.5. The van der Waals surface area contributed by atoms with Crippen molar-refractivity contribution in [3.63, 3.8) is 0 Å². The van der Waals surface area contributed by atoms with Gasteiger partial charge in [-0.3, -0.25) is 4.79 Å². The molecule has 0 aliphatic carbocycles. The molecule has 2 heterocycles. The second-order valence-corrected chi connectivity index (χ2v) is 7.69. The van der Waals surface area contributed by atoms with E-state index >= 15 is 0 Å². The average molecular weight is 436 g/mol. The summed E-state index contributed by atoms with van der Waals surface area (Å²) in [6, 6.07) is 19.0. The highest BCUT2D eigenvalue weighted by Crippen LogP contribution is 2.34. The molecule has 0 aromatic heterocycles. The van der Waals surface area contributed by atoms with Crippen LogP contribution in [0.25, 0.3) is 0 Å². The summed E-state index contributed by atoms with van der Waals surface area (Å²) in [5, 5.41) is 3.40. The molecule has 29 heavy (non-hydrogen) atoms. The molecule has 1 N–H and O–H groups in total. The van der Waals surface area contributed by atoms with Gasteiger partial charge in [0.05, 0.1) is 11.4 Å². The van der Waals surface area contributed by atoms with E-state index in [1.807, 2.05) is 11.0 Å². The van der Waals surface area contributed by atoms with Crippen LogP contribution in [0, 0.1) is 5.92 Å². The van der Waals surface area contributed by atoms with E-state index < -0.39 is 0 Å². The van der Waals surface area contributed by atoms with Crippen LogP contribution in [0.3, 0.4) is 0 Å². The zero-order chi connectivity index (χ0) is 18.5. The lowest BCUT2D eigenvalue weighted by atomic mass is 10.0. The van der Waals surface area contributed by atoms with E-state index in [9.17, 15) is 4.79 Å². The lowest BCUT2D eigenvalue weighted by Crippen LogP contribution is -2.31. The van der Waals surface area contributed by atoms with Crippen LogP contribution >= 0.6 is 24.8 Å². The Morgan fingerprint density at radius 2 is 1.69 bits per heavy atom. The van der Waals surface area contributed by atoms with Gasteiger partial charge in [0.15, 0.2) is 0 Å². The Labute approximate surface area is 186 Å². The number of nitrogens with zero attached hydrogens (tertiary/aromatic N) is 2. The van der Waals surface area contributed by atoms with E-state index in [2.05, 4.69) is 58.7 Å². The lowest BCUT2D eigenvalue weighted by molar-refractivity contribution is -0.118. The Balaban J connectivity index is 0.00000150. The molecule has 4 rings (SSSR count). The van der Waals surface area contributed by atoms with Crippen molar-refractivity contribution in [3.05, 3.63) is 60.2 Å². The van der Waals surface area contributed by atoms with Gasteiger partial charge in [0.2, 0.25) is 5.91 Å². The maximum Gasteiger partial charge on any atom is 0.227 e. The summed E-state index contributed by atoms with van der Waals surface area (Å²) in [6.45, 7) is 4.83. The van der Waals surface area contributed by atoms with Crippen LogP contribution in [-0.2, 0) is 11.3 Å². The van der Waals surface area contributed by atoms with Crippen molar-refractivity contribution in [2.75, 3.05) is 36.0 Å². The number of fused-ring (bicyclic) bond motifs is 1. The van der Waals surface area contributed by atoms with E-state index in [0.717, 1.165) is 51.3 Å². The first-order chi connectivity index (χ1) is 13.3. The van der Waals surface area contributed by atoms with Crippen LogP contribution in [0.15, 0.2) is 54.6 Å². The number of hydrogen-bond acceptors (Lipinski definition) is 3. The Morgan fingerprint density at radius 3 is 2.41 bits per heavy atom. The van der Waals surface area contributed by atoms with Crippen LogP contribution in [0.5, 0.6) is 0 Å². The van der Waals surface area contributed by atoms with Crippen LogP contribution < -0.4 is 15.1 Å². The monoisotopic (exact) mass is 435 g/mol. The fraction of sp³-hybridized carbons (Fsp3) is 0.435. The molecule has 0 spiro atoms. The van der Waals surface area contributed by atoms with Crippen molar-refractivity contribution in [1.29, 1.82) is 0 Å². The molecule has 2 aromatic rings. The zero-order valence-corrected chi connectivity index (χ0v) is 18.4. The highest BCUT2D eigenvalue weighted by Gasteiger charge is 2.25. The van der Waals surface area contributed by atoms with E-state index in [0.29, 0.717) is 12.3 Å². The normalized spacial score (nSPS) is 18.3. The fourth-order valence-corrected chi connectivity index (χ4v) is 4.27.